The number of fused-ring (bicyclic) bond motifs is 1. The molecule has 3 nitrogen and oxygen atoms in total. The second kappa shape index (κ2) is 4.52. The molecule has 2 aliphatic carbocycles. The summed E-state index contributed by atoms with van der Waals surface area (Å²) in [6.07, 6.45) is 6.44. The van der Waals surface area contributed by atoms with Crippen LogP contribution >= 0.6 is 0 Å². The van der Waals surface area contributed by atoms with Crippen molar-refractivity contribution in [3.05, 3.63) is 0 Å². The molecule has 4 atom stereocenters. The minimum absolute atomic E-state index is 0.0701. The van der Waals surface area contributed by atoms with Crippen molar-refractivity contribution in [2.75, 3.05) is 0 Å². The molecule has 2 fully saturated rings. The number of carbonyl (C=O) groups is 1. The number of hydrogen-bond acceptors (Lipinski definition) is 2. The van der Waals surface area contributed by atoms with Gasteiger partial charge in [0.25, 0.3) is 0 Å². The third-order valence-electron chi connectivity index (χ3n) is 4.02. The smallest absolute Gasteiger partial charge is 0.217 e. The molecule has 2 rings (SSSR count). The van der Waals surface area contributed by atoms with Crippen LogP contribution in [0.1, 0.15) is 45.4 Å². The molecule has 2 aliphatic rings. The van der Waals surface area contributed by atoms with Crippen molar-refractivity contribution in [2.45, 2.75) is 57.6 Å². The van der Waals surface area contributed by atoms with Gasteiger partial charge in [0.1, 0.15) is 0 Å². The highest BCUT2D eigenvalue weighted by Crippen LogP contribution is 2.40. The Balaban J connectivity index is 2.00. The normalized spacial score (nSPS) is 40.7. The quantitative estimate of drug-likeness (QED) is 0.689. The van der Waals surface area contributed by atoms with Crippen LogP contribution in [-0.2, 0) is 4.79 Å². The van der Waals surface area contributed by atoms with Crippen molar-refractivity contribution >= 4 is 5.91 Å². The van der Waals surface area contributed by atoms with Gasteiger partial charge < -0.3 is 10.4 Å². The number of amides is 1. The minimum atomic E-state index is -0.138. The fourth-order valence-electron chi connectivity index (χ4n) is 3.35. The lowest BCUT2D eigenvalue weighted by atomic mass is 9.67. The maximum absolute atomic E-state index is 11.1. The monoisotopic (exact) mass is 211 g/mol. The van der Waals surface area contributed by atoms with Crippen molar-refractivity contribution in [3.8, 4) is 0 Å². The topological polar surface area (TPSA) is 49.3 Å². The van der Waals surface area contributed by atoms with Crippen LogP contribution in [0.3, 0.4) is 0 Å². The summed E-state index contributed by atoms with van der Waals surface area (Å²) in [7, 11) is 0. The maximum atomic E-state index is 11.1. The molecule has 0 aromatic rings. The first kappa shape index (κ1) is 10.9. The summed E-state index contributed by atoms with van der Waals surface area (Å²) in [5, 5.41) is 12.7. The fourth-order valence-corrected chi connectivity index (χ4v) is 3.35. The first-order chi connectivity index (χ1) is 7.16. The lowest BCUT2D eigenvalue weighted by Gasteiger charge is -2.43. The molecule has 0 radical (unpaired) electrons. The van der Waals surface area contributed by atoms with Gasteiger partial charge in [0.05, 0.1) is 6.10 Å². The fraction of sp³-hybridized carbons (Fsp3) is 0.917. The van der Waals surface area contributed by atoms with Crippen molar-refractivity contribution in [3.63, 3.8) is 0 Å². The predicted molar refractivity (Wildman–Crippen MR) is 58.3 cm³/mol. The molecular formula is C12H21NO2. The van der Waals surface area contributed by atoms with Crippen LogP contribution in [0, 0.1) is 11.8 Å². The van der Waals surface area contributed by atoms with Crippen LogP contribution in [0.4, 0.5) is 0 Å². The highest BCUT2D eigenvalue weighted by Gasteiger charge is 2.37. The molecule has 0 spiro atoms. The molecule has 2 N–H and O–H groups in total. The third kappa shape index (κ3) is 2.51. The molecule has 86 valence electrons. The van der Waals surface area contributed by atoms with Gasteiger partial charge in [-0.15, -0.1) is 0 Å². The highest BCUT2D eigenvalue weighted by molar-refractivity contribution is 5.73. The summed E-state index contributed by atoms with van der Waals surface area (Å²) in [6, 6.07) is 0.316. The molecule has 2 saturated carbocycles. The molecular weight excluding hydrogens is 190 g/mol. The Hall–Kier alpha value is -0.570. The molecule has 3 heteroatoms. The summed E-state index contributed by atoms with van der Waals surface area (Å²) < 4.78 is 0. The Morgan fingerprint density at radius 3 is 2.80 bits per heavy atom. The minimum Gasteiger partial charge on any atom is -0.393 e. The molecule has 0 saturated heterocycles. The first-order valence-electron chi connectivity index (χ1n) is 6.12. The van der Waals surface area contributed by atoms with Crippen LogP contribution in [-0.4, -0.2) is 23.2 Å². The van der Waals surface area contributed by atoms with E-state index in [1.807, 2.05) is 0 Å². The van der Waals surface area contributed by atoms with Crippen LogP contribution in [0.2, 0.25) is 0 Å². The summed E-state index contributed by atoms with van der Waals surface area (Å²) >= 11 is 0. The van der Waals surface area contributed by atoms with E-state index in [1.54, 1.807) is 6.92 Å². The molecule has 4 unspecified atom stereocenters. The summed E-state index contributed by atoms with van der Waals surface area (Å²) in [6.45, 7) is 1.59. The molecule has 0 heterocycles. The lowest BCUT2D eigenvalue weighted by molar-refractivity contribution is -0.120. The summed E-state index contributed by atoms with van der Waals surface area (Å²) in [4.78, 5) is 11.1. The van der Waals surface area contributed by atoms with E-state index < -0.39 is 0 Å². The van der Waals surface area contributed by atoms with E-state index in [-0.39, 0.29) is 12.0 Å². The van der Waals surface area contributed by atoms with Gasteiger partial charge in [0.15, 0.2) is 0 Å². The average Bonchev–Trinajstić information content (AvgIpc) is 2.18. The van der Waals surface area contributed by atoms with E-state index in [4.69, 9.17) is 0 Å². The second-order valence-electron chi connectivity index (χ2n) is 5.13. The van der Waals surface area contributed by atoms with Gasteiger partial charge in [0.2, 0.25) is 5.91 Å². The van der Waals surface area contributed by atoms with E-state index in [0.717, 1.165) is 31.6 Å². The van der Waals surface area contributed by atoms with E-state index in [2.05, 4.69) is 5.32 Å². The molecule has 15 heavy (non-hydrogen) atoms. The van der Waals surface area contributed by atoms with Gasteiger partial charge in [0, 0.05) is 13.0 Å². The molecule has 0 aromatic heterocycles. The Kier molecular flexibility index (Phi) is 3.29. The Morgan fingerprint density at radius 1 is 1.27 bits per heavy atom. The van der Waals surface area contributed by atoms with Gasteiger partial charge in [-0.1, -0.05) is 12.8 Å². The Labute approximate surface area is 91.2 Å². The summed E-state index contributed by atoms with van der Waals surface area (Å²) in [5.74, 6) is 1.33. The maximum Gasteiger partial charge on any atom is 0.217 e. The second-order valence-corrected chi connectivity index (χ2v) is 5.13. The Bertz CT molecular complexity index is 242. The standard InChI is InChI=1S/C12H21NO2/c1-8(14)13-12-4-2-3-9-5-6-10(15)7-11(9)12/h9-12,15H,2-7H2,1H3,(H,13,14). The first-order valence-corrected chi connectivity index (χ1v) is 6.12. The van der Waals surface area contributed by atoms with Gasteiger partial charge in [-0.05, 0) is 37.5 Å². The predicted octanol–water partition coefficient (Wildman–Crippen LogP) is 1.45. The zero-order chi connectivity index (χ0) is 10.8. The SMILES string of the molecule is CC(=O)NC1CCCC2CCC(O)CC21. The van der Waals surface area contributed by atoms with Crippen LogP contribution in [0.25, 0.3) is 0 Å². The van der Waals surface area contributed by atoms with Gasteiger partial charge >= 0.3 is 0 Å². The van der Waals surface area contributed by atoms with Gasteiger partial charge in [-0.2, -0.15) is 0 Å². The van der Waals surface area contributed by atoms with Crippen LogP contribution in [0.5, 0.6) is 0 Å². The van der Waals surface area contributed by atoms with Crippen molar-refractivity contribution in [2.24, 2.45) is 11.8 Å². The van der Waals surface area contributed by atoms with E-state index in [0.29, 0.717) is 12.0 Å². The highest BCUT2D eigenvalue weighted by atomic mass is 16.3. The van der Waals surface area contributed by atoms with Gasteiger partial charge in [-0.25, -0.2) is 0 Å². The number of hydrogen-bond donors (Lipinski definition) is 2. The van der Waals surface area contributed by atoms with Crippen molar-refractivity contribution < 1.29 is 9.90 Å². The van der Waals surface area contributed by atoms with E-state index in [1.165, 1.54) is 12.8 Å². The zero-order valence-electron chi connectivity index (χ0n) is 9.41. The molecule has 0 aromatic carbocycles. The Morgan fingerprint density at radius 2 is 2.07 bits per heavy atom. The average molecular weight is 211 g/mol. The molecule has 0 aliphatic heterocycles. The van der Waals surface area contributed by atoms with Crippen LogP contribution < -0.4 is 5.32 Å². The van der Waals surface area contributed by atoms with Gasteiger partial charge in [-0.3, -0.25) is 4.79 Å². The number of aliphatic hydroxyl groups is 1. The van der Waals surface area contributed by atoms with Crippen molar-refractivity contribution in [1.29, 1.82) is 0 Å². The largest absolute Gasteiger partial charge is 0.393 e. The number of rotatable bonds is 1. The number of nitrogens with one attached hydrogen (secondary N) is 1. The zero-order valence-corrected chi connectivity index (χ0v) is 9.41. The van der Waals surface area contributed by atoms with E-state index >= 15 is 0 Å². The number of aliphatic hydroxyl groups excluding tert-OH is 1. The van der Waals surface area contributed by atoms with E-state index in [9.17, 15) is 9.90 Å². The molecule has 0 bridgehead atoms. The van der Waals surface area contributed by atoms with Crippen LogP contribution in [0.15, 0.2) is 0 Å². The molecule has 1 amide bonds. The number of carbonyl (C=O) groups excluding carboxylic acids is 1. The lowest BCUT2D eigenvalue weighted by Crippen LogP contribution is -2.47. The third-order valence-corrected chi connectivity index (χ3v) is 4.02. The summed E-state index contributed by atoms with van der Waals surface area (Å²) in [5.41, 5.74) is 0. The van der Waals surface area contributed by atoms with Crippen molar-refractivity contribution in [1.82, 2.24) is 5.32 Å².